The van der Waals surface area contributed by atoms with E-state index in [9.17, 15) is 9.59 Å². The van der Waals surface area contributed by atoms with Crippen molar-refractivity contribution in [3.63, 3.8) is 0 Å². The van der Waals surface area contributed by atoms with Gasteiger partial charge in [-0.05, 0) is 61.6 Å². The van der Waals surface area contributed by atoms with E-state index in [4.69, 9.17) is 4.74 Å². The standard InChI is InChI=1S/C25H28N4O3S/c1-32-22-11-3-2-10-20(22)21(29-13-4-5-14-29)17-26-25(31)28-19-9-6-8-18(16-19)27-24(30)23-12-7-15-33-23/h2-3,6-12,15-16,21H,4-5,13-14,17H2,1H3,(H,27,30)(H2,26,28,31). The van der Waals surface area contributed by atoms with Gasteiger partial charge in [0, 0.05) is 23.5 Å². The highest BCUT2D eigenvalue weighted by Crippen LogP contribution is 2.31. The first-order valence-electron chi connectivity index (χ1n) is 11.0. The second-order valence-electron chi connectivity index (χ2n) is 7.85. The van der Waals surface area contributed by atoms with Crippen molar-refractivity contribution < 1.29 is 14.3 Å². The van der Waals surface area contributed by atoms with Gasteiger partial charge in [0.05, 0.1) is 18.0 Å². The van der Waals surface area contributed by atoms with Crippen molar-refractivity contribution in [1.82, 2.24) is 10.2 Å². The van der Waals surface area contributed by atoms with Crippen LogP contribution in [-0.2, 0) is 0 Å². The number of ether oxygens (including phenoxy) is 1. The first kappa shape index (κ1) is 22.8. The number of urea groups is 1. The van der Waals surface area contributed by atoms with E-state index in [1.54, 1.807) is 37.4 Å². The highest BCUT2D eigenvalue weighted by Gasteiger charge is 2.26. The van der Waals surface area contributed by atoms with Gasteiger partial charge in [-0.15, -0.1) is 11.3 Å². The number of benzene rings is 2. The van der Waals surface area contributed by atoms with Crippen molar-refractivity contribution in [1.29, 1.82) is 0 Å². The molecule has 0 aliphatic carbocycles. The van der Waals surface area contributed by atoms with Crippen molar-refractivity contribution in [2.75, 3.05) is 37.4 Å². The van der Waals surface area contributed by atoms with Crippen LogP contribution in [0.3, 0.4) is 0 Å². The van der Waals surface area contributed by atoms with Crippen LogP contribution < -0.4 is 20.7 Å². The minimum atomic E-state index is -0.296. The van der Waals surface area contributed by atoms with Gasteiger partial charge < -0.3 is 20.7 Å². The second kappa shape index (κ2) is 11.0. The van der Waals surface area contributed by atoms with Crippen LogP contribution >= 0.6 is 11.3 Å². The molecule has 2 aromatic carbocycles. The van der Waals surface area contributed by atoms with E-state index in [2.05, 4.69) is 26.9 Å². The van der Waals surface area contributed by atoms with Gasteiger partial charge in [-0.1, -0.05) is 30.3 Å². The van der Waals surface area contributed by atoms with Gasteiger partial charge in [-0.25, -0.2) is 4.79 Å². The summed E-state index contributed by atoms with van der Waals surface area (Å²) in [6.07, 6.45) is 2.31. The molecule has 1 aliphatic rings. The topological polar surface area (TPSA) is 82.7 Å². The third-order valence-electron chi connectivity index (χ3n) is 5.66. The van der Waals surface area contributed by atoms with E-state index in [0.717, 1.165) is 37.2 Å². The van der Waals surface area contributed by atoms with Crippen LogP contribution in [0, 0.1) is 0 Å². The van der Waals surface area contributed by atoms with E-state index in [0.29, 0.717) is 22.8 Å². The first-order chi connectivity index (χ1) is 16.1. The van der Waals surface area contributed by atoms with Gasteiger partial charge in [-0.3, -0.25) is 9.69 Å². The van der Waals surface area contributed by atoms with Crippen molar-refractivity contribution in [2.24, 2.45) is 0 Å². The number of nitrogens with one attached hydrogen (secondary N) is 3. The molecule has 4 rings (SSSR count). The van der Waals surface area contributed by atoms with Crippen molar-refractivity contribution in [3.05, 3.63) is 76.5 Å². The molecular formula is C25H28N4O3S. The number of amides is 3. The molecule has 1 atom stereocenters. The fraction of sp³-hybridized carbons (Fsp3) is 0.280. The molecule has 3 N–H and O–H groups in total. The zero-order valence-electron chi connectivity index (χ0n) is 18.5. The Bertz CT molecular complexity index is 1080. The third-order valence-corrected chi connectivity index (χ3v) is 6.53. The lowest BCUT2D eigenvalue weighted by Crippen LogP contribution is -2.38. The summed E-state index contributed by atoms with van der Waals surface area (Å²) in [6.45, 7) is 2.46. The summed E-state index contributed by atoms with van der Waals surface area (Å²) >= 11 is 1.38. The van der Waals surface area contributed by atoms with Crippen LogP contribution in [0.25, 0.3) is 0 Å². The Balaban J connectivity index is 1.39. The maximum absolute atomic E-state index is 12.7. The summed E-state index contributed by atoms with van der Waals surface area (Å²) in [5.74, 6) is 0.655. The van der Waals surface area contributed by atoms with Crippen LogP contribution in [0.15, 0.2) is 66.0 Å². The summed E-state index contributed by atoms with van der Waals surface area (Å²) in [5.41, 5.74) is 2.29. The molecule has 0 radical (unpaired) electrons. The molecule has 7 nitrogen and oxygen atoms in total. The van der Waals surface area contributed by atoms with Crippen LogP contribution in [0.2, 0.25) is 0 Å². The second-order valence-corrected chi connectivity index (χ2v) is 8.80. The lowest BCUT2D eigenvalue weighted by Gasteiger charge is -2.29. The summed E-state index contributed by atoms with van der Waals surface area (Å²) in [5, 5.41) is 10.6. The van der Waals surface area contributed by atoms with E-state index in [1.807, 2.05) is 29.6 Å². The highest BCUT2D eigenvalue weighted by atomic mass is 32.1. The van der Waals surface area contributed by atoms with E-state index >= 15 is 0 Å². The highest BCUT2D eigenvalue weighted by molar-refractivity contribution is 7.12. The maximum Gasteiger partial charge on any atom is 0.319 e. The molecule has 33 heavy (non-hydrogen) atoms. The van der Waals surface area contributed by atoms with E-state index in [-0.39, 0.29) is 18.0 Å². The third kappa shape index (κ3) is 5.91. The van der Waals surface area contributed by atoms with E-state index in [1.165, 1.54) is 11.3 Å². The molecule has 1 unspecified atom stereocenters. The molecule has 1 aliphatic heterocycles. The number of anilines is 2. The quantitative estimate of drug-likeness (QED) is 0.440. The Morgan fingerprint density at radius 3 is 2.48 bits per heavy atom. The molecule has 1 saturated heterocycles. The number of rotatable bonds is 8. The molecule has 1 aromatic heterocycles. The summed E-state index contributed by atoms with van der Waals surface area (Å²) < 4.78 is 5.57. The minimum absolute atomic E-state index is 0.0332. The molecule has 3 aromatic rings. The fourth-order valence-electron chi connectivity index (χ4n) is 4.07. The number of thiophene rings is 1. The van der Waals surface area contributed by atoms with Crippen LogP contribution in [0.1, 0.15) is 34.1 Å². The Kier molecular flexibility index (Phi) is 7.59. The van der Waals surface area contributed by atoms with Crippen LogP contribution in [0.4, 0.5) is 16.2 Å². The van der Waals surface area contributed by atoms with Crippen molar-refractivity contribution >= 4 is 34.6 Å². The molecule has 0 bridgehead atoms. The average Bonchev–Trinajstić information content (AvgIpc) is 3.55. The van der Waals surface area contributed by atoms with E-state index < -0.39 is 0 Å². The van der Waals surface area contributed by atoms with Gasteiger partial charge in [0.25, 0.3) is 5.91 Å². The molecule has 172 valence electrons. The molecular weight excluding hydrogens is 436 g/mol. The predicted octanol–water partition coefficient (Wildman–Crippen LogP) is 4.97. The monoisotopic (exact) mass is 464 g/mol. The Hall–Kier alpha value is -3.36. The fourth-order valence-corrected chi connectivity index (χ4v) is 4.69. The van der Waals surface area contributed by atoms with Crippen molar-refractivity contribution in [3.8, 4) is 5.75 Å². The number of para-hydroxylation sites is 1. The van der Waals surface area contributed by atoms with Gasteiger partial charge in [0.1, 0.15) is 5.75 Å². The molecule has 8 heteroatoms. The predicted molar refractivity (Wildman–Crippen MR) is 132 cm³/mol. The lowest BCUT2D eigenvalue weighted by atomic mass is 10.0. The molecule has 2 heterocycles. The molecule has 0 saturated carbocycles. The SMILES string of the molecule is COc1ccccc1C(CNC(=O)Nc1cccc(NC(=O)c2cccs2)c1)N1CCCC1. The number of likely N-dealkylation sites (tertiary alicyclic amines) is 1. The molecule has 0 spiro atoms. The normalized spacial score (nSPS) is 14.5. The summed E-state index contributed by atoms with van der Waals surface area (Å²) in [7, 11) is 1.67. The van der Waals surface area contributed by atoms with Gasteiger partial charge in [0.15, 0.2) is 0 Å². The number of methoxy groups -OCH3 is 1. The van der Waals surface area contributed by atoms with Gasteiger partial charge in [-0.2, -0.15) is 0 Å². The van der Waals surface area contributed by atoms with Crippen molar-refractivity contribution in [2.45, 2.75) is 18.9 Å². The largest absolute Gasteiger partial charge is 0.496 e. The Morgan fingerprint density at radius 1 is 1.00 bits per heavy atom. The average molecular weight is 465 g/mol. The Morgan fingerprint density at radius 2 is 1.76 bits per heavy atom. The number of nitrogens with zero attached hydrogens (tertiary/aromatic N) is 1. The first-order valence-corrected chi connectivity index (χ1v) is 11.9. The number of carbonyl (C=O) groups excluding carboxylic acids is 2. The van der Waals surface area contributed by atoms with Crippen LogP contribution in [-0.4, -0.2) is 43.6 Å². The van der Waals surface area contributed by atoms with Crippen LogP contribution in [0.5, 0.6) is 5.75 Å². The zero-order valence-corrected chi connectivity index (χ0v) is 19.4. The summed E-state index contributed by atoms with van der Waals surface area (Å²) in [4.78, 5) is 28.0. The number of hydrogen-bond donors (Lipinski definition) is 3. The summed E-state index contributed by atoms with van der Waals surface area (Å²) in [6, 6.07) is 18.4. The zero-order chi connectivity index (χ0) is 23.0. The minimum Gasteiger partial charge on any atom is -0.496 e. The molecule has 1 fully saturated rings. The smallest absolute Gasteiger partial charge is 0.319 e. The maximum atomic E-state index is 12.7. The number of hydrogen-bond acceptors (Lipinski definition) is 5. The molecule has 3 amide bonds. The Labute approximate surface area is 197 Å². The van der Waals surface area contributed by atoms with Gasteiger partial charge >= 0.3 is 6.03 Å². The lowest BCUT2D eigenvalue weighted by molar-refractivity contribution is 0.103. The number of carbonyl (C=O) groups is 2. The van der Waals surface area contributed by atoms with Gasteiger partial charge in [0.2, 0.25) is 0 Å².